The first-order chi connectivity index (χ1) is 5.49. The fourth-order valence-electron chi connectivity index (χ4n) is 0.843. The Hall–Kier alpha value is -0.0748. The van der Waals surface area contributed by atoms with Gasteiger partial charge in [-0.3, -0.25) is 0 Å². The van der Waals surface area contributed by atoms with Gasteiger partial charge in [-0.2, -0.15) is 0 Å². The summed E-state index contributed by atoms with van der Waals surface area (Å²) in [5, 5.41) is 0. The predicted molar refractivity (Wildman–Crippen MR) is 50.1 cm³/mol. The Bertz CT molecular complexity index is 267. The van der Waals surface area contributed by atoms with E-state index in [1.807, 2.05) is 18.2 Å². The van der Waals surface area contributed by atoms with Crippen LogP contribution in [0.2, 0.25) is 19.6 Å². The van der Waals surface area contributed by atoms with Gasteiger partial charge in [-0.05, 0) is 0 Å². The van der Waals surface area contributed by atoms with Crippen LogP contribution in [-0.4, -0.2) is 8.32 Å². The molecule has 69 valence electrons. The first-order valence-electron chi connectivity index (χ1n) is 3.89. The van der Waals surface area contributed by atoms with Crippen LogP contribution in [0.5, 0.6) is 5.75 Å². The Kier molecular flexibility index (Phi) is 3.13. The van der Waals surface area contributed by atoms with Crippen LogP contribution in [-0.2, 0) is 19.8 Å². The first kappa shape index (κ1) is 10.0. The molecule has 0 heterocycles. The van der Waals surface area contributed by atoms with Crippen molar-refractivity contribution in [3.8, 4) is 5.75 Å². The van der Waals surface area contributed by atoms with Crippen LogP contribution in [0.25, 0.3) is 0 Å². The molecule has 1 aromatic rings. The van der Waals surface area contributed by atoms with Gasteiger partial charge in [0.05, 0.1) is 0 Å². The van der Waals surface area contributed by atoms with Gasteiger partial charge in [-0.1, -0.05) is 0 Å². The van der Waals surface area contributed by atoms with Crippen molar-refractivity contribution >= 4 is 12.3 Å². The maximum atomic E-state index is 5.86. The van der Waals surface area contributed by atoms with Crippen molar-refractivity contribution in [2.24, 2.45) is 0 Å². The molecular formula is C9H13OPtSi. The van der Waals surface area contributed by atoms with Gasteiger partial charge in [0.25, 0.3) is 0 Å². The van der Waals surface area contributed by atoms with Crippen LogP contribution in [0.1, 0.15) is 0 Å². The van der Waals surface area contributed by atoms with E-state index < -0.39 is 8.32 Å². The molecule has 1 nitrogen and oxygen atoms in total. The topological polar surface area (TPSA) is 9.23 Å². The number of rotatable bonds is 2. The maximum absolute atomic E-state index is 5.86. The average molecular weight is 360 g/mol. The monoisotopic (exact) mass is 360 g/mol. The number of benzene rings is 1. The summed E-state index contributed by atoms with van der Waals surface area (Å²) in [4.78, 5) is 0. The summed E-state index contributed by atoms with van der Waals surface area (Å²) in [6.07, 6.45) is 0. The Morgan fingerprint density at radius 2 is 1.75 bits per heavy atom. The van der Waals surface area contributed by atoms with Crippen molar-refractivity contribution in [3.05, 3.63) is 24.3 Å². The zero-order valence-electron chi connectivity index (χ0n) is 7.53. The van der Waals surface area contributed by atoms with Crippen LogP contribution >= 0.6 is 0 Å². The predicted octanol–water partition coefficient (Wildman–Crippen LogP) is 2.07. The van der Waals surface area contributed by atoms with E-state index in [4.69, 9.17) is 4.43 Å². The van der Waals surface area contributed by atoms with Gasteiger partial charge in [0, 0.05) is 0 Å². The summed E-state index contributed by atoms with van der Waals surface area (Å²) in [6, 6.07) is 8.13. The van der Waals surface area contributed by atoms with Crippen molar-refractivity contribution in [1.82, 2.24) is 0 Å². The molecule has 0 fully saturated rings. The fraction of sp³-hybridized carbons (Fsp3) is 0.333. The molecule has 3 heteroatoms. The number of hydrogen-bond donors (Lipinski definition) is 0. The van der Waals surface area contributed by atoms with Crippen LogP contribution < -0.4 is 8.38 Å². The zero-order chi connectivity index (χ0) is 9.19. The van der Waals surface area contributed by atoms with E-state index in [9.17, 15) is 0 Å². The summed E-state index contributed by atoms with van der Waals surface area (Å²) < 4.78 is 7.06. The summed E-state index contributed by atoms with van der Waals surface area (Å²) in [5.74, 6) is 1.03. The third-order valence-electron chi connectivity index (χ3n) is 1.23. The second-order valence-electron chi connectivity index (χ2n) is 3.61. The van der Waals surface area contributed by atoms with E-state index >= 15 is 0 Å². The molecule has 1 rings (SSSR count). The van der Waals surface area contributed by atoms with Crippen molar-refractivity contribution < 1.29 is 24.2 Å². The average Bonchev–Trinajstić information content (AvgIpc) is 1.91. The molecule has 0 amide bonds. The van der Waals surface area contributed by atoms with E-state index in [1.54, 1.807) is 0 Å². The van der Waals surface area contributed by atoms with E-state index in [0.717, 1.165) is 5.75 Å². The molecular weight excluding hydrogens is 347 g/mol. The third kappa shape index (κ3) is 3.12. The van der Waals surface area contributed by atoms with Crippen molar-refractivity contribution in [2.75, 3.05) is 0 Å². The molecule has 0 unspecified atom stereocenters. The fourth-order valence-corrected chi connectivity index (χ4v) is 2.42. The molecule has 0 N–H and O–H groups in total. The Labute approximate surface area is 86.2 Å². The van der Waals surface area contributed by atoms with Gasteiger partial charge in [0.1, 0.15) is 0 Å². The van der Waals surface area contributed by atoms with Gasteiger partial charge < -0.3 is 0 Å². The number of hydrogen-bond acceptors (Lipinski definition) is 1. The summed E-state index contributed by atoms with van der Waals surface area (Å²) in [7, 11) is -1.43. The van der Waals surface area contributed by atoms with Crippen LogP contribution in [0, 0.1) is 0 Å². The Morgan fingerprint density at radius 3 is 2.25 bits per heavy atom. The minimum absolute atomic E-state index is 1.03. The molecule has 0 aliphatic heterocycles. The van der Waals surface area contributed by atoms with Gasteiger partial charge in [0.15, 0.2) is 0 Å². The van der Waals surface area contributed by atoms with Crippen molar-refractivity contribution in [3.63, 3.8) is 0 Å². The SMILES string of the molecule is C[Si](C)(C)Oc1cccc[c]1[Pt]. The molecule has 0 aliphatic carbocycles. The van der Waals surface area contributed by atoms with Crippen LogP contribution in [0.15, 0.2) is 24.3 Å². The molecule has 0 spiro atoms. The van der Waals surface area contributed by atoms with Crippen LogP contribution in [0.3, 0.4) is 0 Å². The van der Waals surface area contributed by atoms with E-state index in [1.165, 1.54) is 3.95 Å². The van der Waals surface area contributed by atoms with Crippen molar-refractivity contribution in [1.29, 1.82) is 0 Å². The van der Waals surface area contributed by atoms with Gasteiger partial charge in [0.2, 0.25) is 0 Å². The Morgan fingerprint density at radius 1 is 1.17 bits per heavy atom. The van der Waals surface area contributed by atoms with Gasteiger partial charge in [-0.25, -0.2) is 0 Å². The van der Waals surface area contributed by atoms with E-state index in [-0.39, 0.29) is 0 Å². The summed E-state index contributed by atoms with van der Waals surface area (Å²) >= 11 is 2.28. The molecule has 0 saturated carbocycles. The molecule has 1 aromatic carbocycles. The molecule has 0 aliphatic rings. The second-order valence-corrected chi connectivity index (χ2v) is 9.26. The quantitative estimate of drug-likeness (QED) is 0.734. The van der Waals surface area contributed by atoms with Gasteiger partial charge in [-0.15, -0.1) is 0 Å². The first-order valence-corrected chi connectivity index (χ1v) is 8.44. The summed E-state index contributed by atoms with van der Waals surface area (Å²) in [6.45, 7) is 6.57. The molecule has 12 heavy (non-hydrogen) atoms. The molecule has 0 aromatic heterocycles. The van der Waals surface area contributed by atoms with Crippen LogP contribution in [0.4, 0.5) is 0 Å². The minimum atomic E-state index is -1.43. The Balaban J connectivity index is 2.83. The third-order valence-corrected chi connectivity index (χ3v) is 3.00. The zero-order valence-corrected chi connectivity index (χ0v) is 10.8. The van der Waals surface area contributed by atoms with E-state index in [0.29, 0.717) is 0 Å². The van der Waals surface area contributed by atoms with Crippen molar-refractivity contribution in [2.45, 2.75) is 19.6 Å². The molecule has 0 radical (unpaired) electrons. The summed E-state index contributed by atoms with van der Waals surface area (Å²) in [5.41, 5.74) is 0. The van der Waals surface area contributed by atoms with Gasteiger partial charge >= 0.3 is 86.2 Å². The van der Waals surface area contributed by atoms with E-state index in [2.05, 4.69) is 45.5 Å². The number of para-hydroxylation sites is 1. The standard InChI is InChI=1S/C9H13OSi.Pt/c1-11(2,3)10-9-7-5-4-6-8-9;/h4-7H,1-3H3;. The normalized spacial score (nSPS) is 11.4. The molecule has 0 saturated heterocycles. The second kappa shape index (κ2) is 3.76. The molecule has 0 bridgehead atoms. The molecule has 0 atom stereocenters.